The fraction of sp³-hybridized carbons (Fsp3) is 0.647. The van der Waals surface area contributed by atoms with Crippen molar-refractivity contribution < 1.29 is 4.74 Å². The molecule has 1 unspecified atom stereocenters. The van der Waals surface area contributed by atoms with Crippen molar-refractivity contribution in [2.75, 3.05) is 6.61 Å². The Bertz CT molecular complexity index is 393. The maximum atomic E-state index is 6.07. The molecule has 1 aromatic carbocycles. The van der Waals surface area contributed by atoms with E-state index in [2.05, 4.69) is 51.3 Å². The molecule has 0 aliphatic carbocycles. The number of benzene rings is 1. The number of aryl methyl sites for hydroxylation is 2. The third kappa shape index (κ3) is 4.05. The van der Waals surface area contributed by atoms with Crippen molar-refractivity contribution in [1.82, 2.24) is 5.43 Å². The van der Waals surface area contributed by atoms with Crippen LogP contribution in [0.15, 0.2) is 18.2 Å². The highest BCUT2D eigenvalue weighted by atomic mass is 16.5. The molecule has 0 aliphatic heterocycles. The van der Waals surface area contributed by atoms with Gasteiger partial charge in [0.15, 0.2) is 0 Å². The molecule has 3 N–H and O–H groups in total. The summed E-state index contributed by atoms with van der Waals surface area (Å²) in [6.45, 7) is 11.4. The van der Waals surface area contributed by atoms with Crippen LogP contribution in [0.1, 0.15) is 50.3 Å². The highest BCUT2D eigenvalue weighted by molar-refractivity contribution is 5.29. The summed E-state index contributed by atoms with van der Waals surface area (Å²) in [5, 5.41) is 0. The van der Waals surface area contributed by atoms with Gasteiger partial charge in [-0.15, -0.1) is 0 Å². The fourth-order valence-electron chi connectivity index (χ4n) is 3.15. The molecule has 0 heterocycles. The normalized spacial score (nSPS) is 13.5. The van der Waals surface area contributed by atoms with Crippen LogP contribution in [0.5, 0.6) is 0 Å². The third-order valence-corrected chi connectivity index (χ3v) is 4.19. The highest BCUT2D eigenvalue weighted by Gasteiger charge is 2.35. The van der Waals surface area contributed by atoms with Crippen LogP contribution in [-0.2, 0) is 11.2 Å². The van der Waals surface area contributed by atoms with Crippen LogP contribution in [-0.4, -0.2) is 18.2 Å². The van der Waals surface area contributed by atoms with Gasteiger partial charge in [-0.05, 0) is 45.6 Å². The Balaban J connectivity index is 2.99. The lowest BCUT2D eigenvalue weighted by molar-refractivity contribution is -0.0719. The SMILES string of the molecule is CCOC(CC)(CC)C(Cc1cc(C)cc(C)c1)NN. The molecule has 20 heavy (non-hydrogen) atoms. The average molecular weight is 278 g/mol. The first-order chi connectivity index (χ1) is 9.51. The largest absolute Gasteiger partial charge is 0.374 e. The van der Waals surface area contributed by atoms with E-state index in [0.29, 0.717) is 6.61 Å². The molecule has 0 aliphatic rings. The van der Waals surface area contributed by atoms with E-state index in [9.17, 15) is 0 Å². The van der Waals surface area contributed by atoms with E-state index in [-0.39, 0.29) is 11.6 Å². The molecule has 0 amide bonds. The monoisotopic (exact) mass is 278 g/mol. The Morgan fingerprint density at radius 2 is 1.65 bits per heavy atom. The van der Waals surface area contributed by atoms with Crippen LogP contribution in [0.4, 0.5) is 0 Å². The van der Waals surface area contributed by atoms with E-state index >= 15 is 0 Å². The van der Waals surface area contributed by atoms with Crippen LogP contribution in [0.2, 0.25) is 0 Å². The third-order valence-electron chi connectivity index (χ3n) is 4.19. The second kappa shape index (κ2) is 7.77. The predicted octanol–water partition coefficient (Wildman–Crippen LogP) is 3.27. The molecule has 114 valence electrons. The molecule has 0 aromatic heterocycles. The van der Waals surface area contributed by atoms with Crippen molar-refractivity contribution in [1.29, 1.82) is 0 Å². The second-order valence-electron chi connectivity index (χ2n) is 5.62. The molecule has 0 fully saturated rings. The lowest BCUT2D eigenvalue weighted by Crippen LogP contribution is -2.55. The van der Waals surface area contributed by atoms with Crippen LogP contribution in [0.25, 0.3) is 0 Å². The molecule has 0 spiro atoms. The molecular formula is C17H30N2O. The van der Waals surface area contributed by atoms with Gasteiger partial charge in [-0.25, -0.2) is 0 Å². The molecule has 3 heteroatoms. The standard InChI is InChI=1S/C17H30N2O/c1-6-17(7-2,20-8-3)16(19-18)12-15-10-13(4)9-14(5)11-15/h9-11,16,19H,6-8,12,18H2,1-5H3. The fourth-order valence-corrected chi connectivity index (χ4v) is 3.15. The van der Waals surface area contributed by atoms with Crippen molar-refractivity contribution in [2.45, 2.75) is 65.5 Å². The zero-order chi connectivity index (χ0) is 15.2. The number of nitrogens with one attached hydrogen (secondary N) is 1. The summed E-state index contributed by atoms with van der Waals surface area (Å²) in [6.07, 6.45) is 2.80. The van der Waals surface area contributed by atoms with Crippen LogP contribution < -0.4 is 11.3 Å². The summed E-state index contributed by atoms with van der Waals surface area (Å²) in [5.41, 5.74) is 6.71. The summed E-state index contributed by atoms with van der Waals surface area (Å²) in [4.78, 5) is 0. The second-order valence-corrected chi connectivity index (χ2v) is 5.62. The minimum Gasteiger partial charge on any atom is -0.374 e. The molecule has 0 radical (unpaired) electrons. The van der Waals surface area contributed by atoms with Crippen molar-refractivity contribution in [2.24, 2.45) is 5.84 Å². The Hall–Kier alpha value is -0.900. The minimum absolute atomic E-state index is 0.124. The first kappa shape index (κ1) is 17.2. The van der Waals surface area contributed by atoms with Crippen molar-refractivity contribution in [3.63, 3.8) is 0 Å². The summed E-state index contributed by atoms with van der Waals surface area (Å²) in [6, 6.07) is 6.79. The van der Waals surface area contributed by atoms with Gasteiger partial charge in [-0.2, -0.15) is 0 Å². The summed E-state index contributed by atoms with van der Waals surface area (Å²) >= 11 is 0. The molecule has 1 aromatic rings. The van der Waals surface area contributed by atoms with E-state index in [4.69, 9.17) is 10.6 Å². The van der Waals surface area contributed by atoms with Crippen LogP contribution in [0, 0.1) is 13.8 Å². The van der Waals surface area contributed by atoms with Crippen LogP contribution >= 0.6 is 0 Å². The summed E-state index contributed by atoms with van der Waals surface area (Å²) in [5.74, 6) is 5.83. The Morgan fingerprint density at radius 1 is 1.10 bits per heavy atom. The molecule has 0 bridgehead atoms. The van der Waals surface area contributed by atoms with E-state index < -0.39 is 0 Å². The lowest BCUT2D eigenvalue weighted by Gasteiger charge is -2.39. The molecule has 3 nitrogen and oxygen atoms in total. The number of hydrazine groups is 1. The highest BCUT2D eigenvalue weighted by Crippen LogP contribution is 2.27. The van der Waals surface area contributed by atoms with Crippen molar-refractivity contribution in [3.05, 3.63) is 34.9 Å². The van der Waals surface area contributed by atoms with E-state index in [1.807, 2.05) is 6.92 Å². The Labute approximate surface area is 123 Å². The van der Waals surface area contributed by atoms with Gasteiger partial charge in [0.1, 0.15) is 0 Å². The zero-order valence-electron chi connectivity index (χ0n) is 13.6. The van der Waals surface area contributed by atoms with Gasteiger partial charge >= 0.3 is 0 Å². The van der Waals surface area contributed by atoms with E-state index in [1.165, 1.54) is 16.7 Å². The topological polar surface area (TPSA) is 47.3 Å². The molecular weight excluding hydrogens is 248 g/mol. The van der Waals surface area contributed by atoms with Gasteiger partial charge in [0.25, 0.3) is 0 Å². The smallest absolute Gasteiger partial charge is 0.0846 e. The quantitative estimate of drug-likeness (QED) is 0.567. The van der Waals surface area contributed by atoms with Gasteiger partial charge < -0.3 is 4.74 Å². The van der Waals surface area contributed by atoms with Crippen molar-refractivity contribution in [3.8, 4) is 0 Å². The van der Waals surface area contributed by atoms with Gasteiger partial charge in [0, 0.05) is 6.61 Å². The number of hydrogen-bond acceptors (Lipinski definition) is 3. The Kier molecular flexibility index (Phi) is 6.66. The number of hydrogen-bond donors (Lipinski definition) is 2. The van der Waals surface area contributed by atoms with Crippen LogP contribution in [0.3, 0.4) is 0 Å². The summed E-state index contributed by atoms with van der Waals surface area (Å²) in [7, 11) is 0. The van der Waals surface area contributed by atoms with E-state index in [0.717, 1.165) is 19.3 Å². The molecule has 0 saturated carbocycles. The number of nitrogens with two attached hydrogens (primary N) is 1. The maximum absolute atomic E-state index is 6.07. The molecule has 1 atom stereocenters. The van der Waals surface area contributed by atoms with Crippen molar-refractivity contribution >= 4 is 0 Å². The maximum Gasteiger partial charge on any atom is 0.0846 e. The zero-order valence-corrected chi connectivity index (χ0v) is 13.6. The van der Waals surface area contributed by atoms with Gasteiger partial charge in [0.05, 0.1) is 11.6 Å². The van der Waals surface area contributed by atoms with E-state index in [1.54, 1.807) is 0 Å². The Morgan fingerprint density at radius 3 is 2.05 bits per heavy atom. The summed E-state index contributed by atoms with van der Waals surface area (Å²) < 4.78 is 6.07. The molecule has 0 saturated heterocycles. The first-order valence-corrected chi connectivity index (χ1v) is 7.68. The van der Waals surface area contributed by atoms with Gasteiger partial charge in [-0.3, -0.25) is 11.3 Å². The number of rotatable bonds is 8. The average Bonchev–Trinajstić information content (AvgIpc) is 2.41. The van der Waals surface area contributed by atoms with Gasteiger partial charge in [0.2, 0.25) is 0 Å². The lowest BCUT2D eigenvalue weighted by atomic mass is 9.84. The first-order valence-electron chi connectivity index (χ1n) is 7.68. The minimum atomic E-state index is -0.193. The number of ether oxygens (including phenoxy) is 1. The predicted molar refractivity (Wildman–Crippen MR) is 85.7 cm³/mol. The van der Waals surface area contributed by atoms with Gasteiger partial charge in [-0.1, -0.05) is 43.2 Å². The molecule has 1 rings (SSSR count).